The van der Waals surface area contributed by atoms with Gasteiger partial charge in [-0.15, -0.1) is 0 Å². The molecule has 0 amide bonds. The molecule has 0 heterocycles. The van der Waals surface area contributed by atoms with E-state index in [1.54, 1.807) is 0 Å². The molecule has 0 aromatic heterocycles. The number of carbonyl (C=O) groups excluding carboxylic acids is 2. The Morgan fingerprint density at radius 2 is 1.43 bits per heavy atom. The van der Waals surface area contributed by atoms with Gasteiger partial charge in [-0.3, -0.25) is 0 Å². The molecule has 11 heteroatoms. The van der Waals surface area contributed by atoms with Crippen LogP contribution in [0.25, 0.3) is 0 Å². The number of benzene rings is 1. The zero-order valence-electron chi connectivity index (χ0n) is 12.3. The van der Waals surface area contributed by atoms with Gasteiger partial charge in [-0.05, 0) is 31.0 Å². The predicted molar refractivity (Wildman–Crippen MR) is 52.5 cm³/mol. The van der Waals surface area contributed by atoms with E-state index in [1.807, 2.05) is 0 Å². The molecule has 0 aliphatic rings. The van der Waals surface area contributed by atoms with E-state index in [-0.39, 0.29) is 99.8 Å². The number of carboxylic acids is 2. The molecule has 7 nitrogen and oxygen atoms in total. The van der Waals surface area contributed by atoms with E-state index < -0.39 is 38.1 Å². The van der Waals surface area contributed by atoms with Crippen molar-refractivity contribution in [3.05, 3.63) is 28.3 Å². The van der Waals surface area contributed by atoms with Crippen LogP contribution in [-0.2, 0) is 10.1 Å². The van der Waals surface area contributed by atoms with Gasteiger partial charge in [0.2, 0.25) is 0 Å². The first-order valence-corrected chi connectivity index (χ1v) is 6.01. The van der Waals surface area contributed by atoms with Gasteiger partial charge >= 0.3 is 88.7 Å². The first kappa shape index (κ1) is 26.9. The zero-order valence-corrected chi connectivity index (χ0v) is 19.2. The predicted octanol–water partition coefficient (Wildman–Crippen LogP) is -11.1. The van der Waals surface area contributed by atoms with Crippen molar-refractivity contribution in [1.29, 1.82) is 0 Å². The van der Waals surface area contributed by atoms with Gasteiger partial charge in [0.05, 0.1) is 16.8 Å². The molecular formula is C10H7Na3O7S. The quantitative estimate of drug-likeness (QED) is 0.393. The fraction of sp³-hybridized carbons (Fsp3) is 0.200. The largest absolute Gasteiger partial charge is 1.00 e. The molecule has 0 spiro atoms. The average molecular weight is 340 g/mol. The van der Waals surface area contributed by atoms with Crippen LogP contribution in [0.4, 0.5) is 0 Å². The maximum absolute atomic E-state index is 11.0. The van der Waals surface area contributed by atoms with E-state index in [1.165, 1.54) is 13.8 Å². The number of carboxylic acid groups (broad SMARTS) is 2. The van der Waals surface area contributed by atoms with E-state index in [0.29, 0.717) is 0 Å². The second-order valence-corrected chi connectivity index (χ2v) is 4.92. The van der Waals surface area contributed by atoms with Crippen LogP contribution in [0, 0.1) is 13.8 Å². The summed E-state index contributed by atoms with van der Waals surface area (Å²) in [6.07, 6.45) is 0. The van der Waals surface area contributed by atoms with Crippen LogP contribution in [0.1, 0.15) is 31.8 Å². The van der Waals surface area contributed by atoms with E-state index >= 15 is 0 Å². The fourth-order valence-electron chi connectivity index (χ4n) is 1.55. The summed E-state index contributed by atoms with van der Waals surface area (Å²) in [7, 11) is -5.29. The third kappa shape index (κ3) is 6.23. The van der Waals surface area contributed by atoms with Gasteiger partial charge in [-0.25, -0.2) is 8.42 Å². The number of rotatable bonds is 3. The smallest absolute Gasteiger partial charge is 0.744 e. The zero-order chi connectivity index (χ0) is 14.2. The second kappa shape index (κ2) is 10.0. The van der Waals surface area contributed by atoms with Gasteiger partial charge in [-0.1, -0.05) is 0 Å². The third-order valence-electron chi connectivity index (χ3n) is 2.47. The Bertz CT molecular complexity index is 655. The molecule has 0 N–H and O–H groups in total. The van der Waals surface area contributed by atoms with Crippen molar-refractivity contribution in [3.63, 3.8) is 0 Å². The van der Waals surface area contributed by atoms with Gasteiger partial charge in [0.1, 0.15) is 10.1 Å². The minimum atomic E-state index is -5.29. The maximum atomic E-state index is 11.0. The Hall–Kier alpha value is 1.07. The molecule has 0 aliphatic carbocycles. The van der Waals surface area contributed by atoms with Gasteiger partial charge in [0.15, 0.2) is 0 Å². The van der Waals surface area contributed by atoms with Crippen LogP contribution >= 0.6 is 0 Å². The van der Waals surface area contributed by atoms with Crippen molar-refractivity contribution >= 4 is 22.1 Å². The summed E-state index contributed by atoms with van der Waals surface area (Å²) in [6, 6.07) is 0.877. The molecule has 1 aromatic carbocycles. The van der Waals surface area contributed by atoms with Crippen LogP contribution in [0.15, 0.2) is 11.0 Å². The average Bonchev–Trinajstić information content (AvgIpc) is 2.18. The Kier molecular flexibility index (Phi) is 12.9. The Morgan fingerprint density at radius 1 is 1.00 bits per heavy atom. The van der Waals surface area contributed by atoms with Crippen molar-refractivity contribution in [1.82, 2.24) is 0 Å². The van der Waals surface area contributed by atoms with Crippen LogP contribution in [-0.4, -0.2) is 24.9 Å². The first-order valence-electron chi connectivity index (χ1n) is 4.60. The number of carbonyl (C=O) groups is 2. The third-order valence-corrected chi connectivity index (χ3v) is 3.40. The van der Waals surface area contributed by atoms with Crippen molar-refractivity contribution < 1.29 is 121 Å². The van der Waals surface area contributed by atoms with Crippen LogP contribution < -0.4 is 98.9 Å². The molecule has 0 aliphatic heterocycles. The van der Waals surface area contributed by atoms with E-state index in [2.05, 4.69) is 0 Å². The van der Waals surface area contributed by atoms with Crippen molar-refractivity contribution in [2.24, 2.45) is 0 Å². The molecular weight excluding hydrogens is 333 g/mol. The molecule has 0 fully saturated rings. The Labute approximate surface area is 188 Å². The van der Waals surface area contributed by atoms with Gasteiger partial charge < -0.3 is 24.4 Å². The molecule has 21 heavy (non-hydrogen) atoms. The summed E-state index contributed by atoms with van der Waals surface area (Å²) in [4.78, 5) is 20.3. The SMILES string of the molecule is Cc1cc(C(=O)[O-])c(S(=O)(=O)[O-])c(C(=O)[O-])c1C.[Na+].[Na+].[Na+]. The topological polar surface area (TPSA) is 137 Å². The molecule has 0 atom stereocenters. The standard InChI is InChI=1S/C10H10O7S.3Na/c1-4-3-6(9(11)12)8(18(15,16)17)7(5(4)2)10(13)14;;;/h3H,1-2H3,(H,11,12)(H,13,14)(H,15,16,17);;;/q;3*+1/p-3. The monoisotopic (exact) mass is 340 g/mol. The van der Waals surface area contributed by atoms with E-state index in [0.717, 1.165) is 6.07 Å². The number of hydrogen-bond donors (Lipinski definition) is 0. The van der Waals surface area contributed by atoms with Crippen LogP contribution in [0.5, 0.6) is 0 Å². The minimum absolute atomic E-state index is 0. The Balaban J connectivity index is -0.00000108. The second-order valence-electron chi connectivity index (χ2n) is 3.60. The molecule has 0 unspecified atom stereocenters. The van der Waals surface area contributed by atoms with Gasteiger partial charge in [-0.2, -0.15) is 0 Å². The molecule has 0 saturated heterocycles. The summed E-state index contributed by atoms with van der Waals surface area (Å²) in [6.45, 7) is 2.61. The molecule has 0 bridgehead atoms. The normalized spacial score (nSPS) is 9.67. The summed E-state index contributed by atoms with van der Waals surface area (Å²) in [5.41, 5.74) is -1.77. The molecule has 1 rings (SSSR count). The summed E-state index contributed by atoms with van der Waals surface area (Å²) in [5, 5.41) is 21.7. The van der Waals surface area contributed by atoms with Crippen LogP contribution in [0.2, 0.25) is 0 Å². The summed E-state index contributed by atoms with van der Waals surface area (Å²) >= 11 is 0. The summed E-state index contributed by atoms with van der Waals surface area (Å²) < 4.78 is 33.0. The molecule has 0 saturated carbocycles. The van der Waals surface area contributed by atoms with Crippen molar-refractivity contribution in [2.75, 3.05) is 0 Å². The molecule has 1 aromatic rings. The molecule has 98 valence electrons. The Morgan fingerprint density at radius 3 is 1.71 bits per heavy atom. The summed E-state index contributed by atoms with van der Waals surface area (Å²) in [5.74, 6) is -3.89. The van der Waals surface area contributed by atoms with Gasteiger partial charge in [0, 0.05) is 11.1 Å². The van der Waals surface area contributed by atoms with Crippen molar-refractivity contribution in [2.45, 2.75) is 18.7 Å². The minimum Gasteiger partial charge on any atom is -0.744 e. The number of aryl methyl sites for hydroxylation is 1. The van der Waals surface area contributed by atoms with Crippen LogP contribution in [0.3, 0.4) is 0 Å². The molecule has 0 radical (unpaired) electrons. The first-order chi connectivity index (χ1) is 8.07. The maximum Gasteiger partial charge on any atom is 1.00 e. The van der Waals surface area contributed by atoms with E-state index in [9.17, 15) is 32.8 Å². The number of aromatic carboxylic acids is 2. The van der Waals surface area contributed by atoms with E-state index in [4.69, 9.17) is 0 Å². The number of hydrogen-bond acceptors (Lipinski definition) is 7. The van der Waals surface area contributed by atoms with Crippen molar-refractivity contribution in [3.8, 4) is 0 Å². The van der Waals surface area contributed by atoms with Gasteiger partial charge in [0.25, 0.3) is 0 Å². The fourth-order valence-corrected chi connectivity index (χ4v) is 2.45.